The molecule has 6 nitrogen and oxygen atoms in total. The van der Waals surface area contributed by atoms with Gasteiger partial charge in [0.25, 0.3) is 0 Å². The summed E-state index contributed by atoms with van der Waals surface area (Å²) in [5.41, 5.74) is 2.82. The number of fused-ring (bicyclic) bond motifs is 1. The van der Waals surface area contributed by atoms with Crippen molar-refractivity contribution in [1.82, 2.24) is 20.0 Å². The number of hydrogen-bond donors (Lipinski definition) is 2. The summed E-state index contributed by atoms with van der Waals surface area (Å²) >= 11 is 0. The van der Waals surface area contributed by atoms with Crippen LogP contribution in [0, 0.1) is 0 Å². The summed E-state index contributed by atoms with van der Waals surface area (Å²) < 4.78 is 1.82. The van der Waals surface area contributed by atoms with E-state index in [1.54, 1.807) is 0 Å². The van der Waals surface area contributed by atoms with Gasteiger partial charge in [-0.05, 0) is 0 Å². The van der Waals surface area contributed by atoms with Gasteiger partial charge in [0.1, 0.15) is 6.04 Å². The van der Waals surface area contributed by atoms with Gasteiger partial charge in [-0.3, -0.25) is 14.8 Å². The molecule has 3 heterocycles. The fourth-order valence-corrected chi connectivity index (χ4v) is 2.82. The number of aliphatic hydroxyl groups excluding tert-OH is 1. The first kappa shape index (κ1) is 12.4. The third-order valence-corrected chi connectivity index (χ3v) is 3.84. The Morgan fingerprint density at radius 2 is 2.47 bits per heavy atom. The number of carbonyl (C=O) groups excluding carboxylic acids is 1. The van der Waals surface area contributed by atoms with Gasteiger partial charge in [-0.25, -0.2) is 0 Å². The maximum Gasteiger partial charge on any atom is 0.244 e. The molecule has 19 heavy (non-hydrogen) atoms. The predicted octanol–water partition coefficient (Wildman–Crippen LogP) is -0.675. The molecule has 0 aromatic carbocycles. The zero-order valence-electron chi connectivity index (χ0n) is 11.0. The molecule has 0 aliphatic carbocycles. The van der Waals surface area contributed by atoms with Crippen molar-refractivity contribution < 1.29 is 9.90 Å². The first-order valence-corrected chi connectivity index (χ1v) is 6.54. The Labute approximate surface area is 111 Å². The average molecular weight is 262 g/mol. The standard InChI is InChI=1S/C13H18N4O2/c1-16-12-4-6-17(7-9(12)11(8-18)15-16)13(19)10-3-2-5-14-10/h2-3,10,14,18H,4-8H2,1H3/t10-/m0/s1. The van der Waals surface area contributed by atoms with Crippen LogP contribution < -0.4 is 5.32 Å². The van der Waals surface area contributed by atoms with E-state index in [9.17, 15) is 9.90 Å². The van der Waals surface area contributed by atoms with E-state index in [0.29, 0.717) is 18.8 Å². The highest BCUT2D eigenvalue weighted by Gasteiger charge is 2.29. The molecule has 1 atom stereocenters. The largest absolute Gasteiger partial charge is 0.390 e. The number of nitrogens with one attached hydrogen (secondary N) is 1. The van der Waals surface area contributed by atoms with Crippen LogP contribution in [0.3, 0.4) is 0 Å². The first-order chi connectivity index (χ1) is 9.20. The molecule has 3 rings (SSSR count). The summed E-state index contributed by atoms with van der Waals surface area (Å²) in [6.45, 7) is 1.93. The molecule has 2 aliphatic rings. The third-order valence-electron chi connectivity index (χ3n) is 3.84. The molecule has 6 heteroatoms. The summed E-state index contributed by atoms with van der Waals surface area (Å²) in [5, 5.41) is 16.8. The van der Waals surface area contributed by atoms with Crippen LogP contribution >= 0.6 is 0 Å². The van der Waals surface area contributed by atoms with Crippen LogP contribution in [0.1, 0.15) is 17.0 Å². The van der Waals surface area contributed by atoms with Gasteiger partial charge in [-0.1, -0.05) is 12.2 Å². The lowest BCUT2D eigenvalue weighted by molar-refractivity contribution is -0.133. The lowest BCUT2D eigenvalue weighted by Crippen LogP contribution is -2.45. The summed E-state index contributed by atoms with van der Waals surface area (Å²) in [7, 11) is 1.89. The maximum absolute atomic E-state index is 12.3. The fraction of sp³-hybridized carbons (Fsp3) is 0.538. The van der Waals surface area contributed by atoms with Crippen molar-refractivity contribution in [3.05, 3.63) is 29.1 Å². The fourth-order valence-electron chi connectivity index (χ4n) is 2.82. The number of nitrogens with zero attached hydrogens (tertiary/aromatic N) is 3. The van der Waals surface area contributed by atoms with Crippen LogP contribution in [0.25, 0.3) is 0 Å². The molecule has 0 unspecified atom stereocenters. The molecule has 0 spiro atoms. The van der Waals surface area contributed by atoms with Crippen molar-refractivity contribution in [2.24, 2.45) is 7.05 Å². The van der Waals surface area contributed by atoms with Crippen LogP contribution in [-0.2, 0) is 31.4 Å². The van der Waals surface area contributed by atoms with Gasteiger partial charge >= 0.3 is 0 Å². The second kappa shape index (κ2) is 4.79. The molecule has 2 N–H and O–H groups in total. The van der Waals surface area contributed by atoms with Crippen molar-refractivity contribution in [2.75, 3.05) is 13.1 Å². The summed E-state index contributed by atoms with van der Waals surface area (Å²) in [5.74, 6) is 0.104. The molecule has 1 aromatic rings. The highest BCUT2D eigenvalue weighted by molar-refractivity contribution is 5.84. The quantitative estimate of drug-likeness (QED) is 0.693. The Kier molecular flexibility index (Phi) is 3.12. The van der Waals surface area contributed by atoms with Gasteiger partial charge in [-0.15, -0.1) is 0 Å². The van der Waals surface area contributed by atoms with E-state index in [-0.39, 0.29) is 18.6 Å². The van der Waals surface area contributed by atoms with Crippen LogP contribution in [0.4, 0.5) is 0 Å². The normalized spacial score (nSPS) is 21.8. The average Bonchev–Trinajstić information content (AvgIpc) is 3.06. The molecule has 0 saturated heterocycles. The lowest BCUT2D eigenvalue weighted by atomic mass is 10.0. The topological polar surface area (TPSA) is 70.4 Å². The minimum absolute atomic E-state index is 0.0766. The van der Waals surface area contributed by atoms with Crippen LogP contribution in [0.5, 0.6) is 0 Å². The highest BCUT2D eigenvalue weighted by atomic mass is 16.3. The zero-order valence-corrected chi connectivity index (χ0v) is 11.0. The Bertz CT molecular complexity index is 535. The lowest BCUT2D eigenvalue weighted by Gasteiger charge is -2.29. The van der Waals surface area contributed by atoms with E-state index in [1.165, 1.54) is 0 Å². The third kappa shape index (κ3) is 2.06. The number of aliphatic hydroxyl groups is 1. The highest BCUT2D eigenvalue weighted by Crippen LogP contribution is 2.23. The SMILES string of the molecule is Cn1nc(CO)c2c1CCN(C(=O)[C@@H]1C=CCN1)C2. The molecule has 0 bridgehead atoms. The zero-order chi connectivity index (χ0) is 13.4. The molecule has 1 amide bonds. The van der Waals surface area contributed by atoms with Crippen molar-refractivity contribution in [3.8, 4) is 0 Å². The van der Waals surface area contributed by atoms with Gasteiger partial charge in [0.05, 0.1) is 12.3 Å². The minimum atomic E-state index is -0.198. The Morgan fingerprint density at radius 1 is 1.63 bits per heavy atom. The van der Waals surface area contributed by atoms with Crippen molar-refractivity contribution in [2.45, 2.75) is 25.6 Å². The molecule has 0 fully saturated rings. The van der Waals surface area contributed by atoms with E-state index in [0.717, 1.165) is 24.2 Å². The van der Waals surface area contributed by atoms with E-state index in [4.69, 9.17) is 0 Å². The second-order valence-corrected chi connectivity index (χ2v) is 4.98. The van der Waals surface area contributed by atoms with Crippen molar-refractivity contribution in [3.63, 3.8) is 0 Å². The van der Waals surface area contributed by atoms with Gasteiger partial charge in [-0.2, -0.15) is 5.10 Å². The number of hydrogen-bond acceptors (Lipinski definition) is 4. The van der Waals surface area contributed by atoms with Gasteiger partial charge < -0.3 is 10.0 Å². The molecule has 0 radical (unpaired) electrons. The Balaban J connectivity index is 1.81. The number of rotatable bonds is 2. The van der Waals surface area contributed by atoms with E-state index < -0.39 is 0 Å². The monoisotopic (exact) mass is 262 g/mol. The molecule has 102 valence electrons. The Morgan fingerprint density at radius 3 is 3.16 bits per heavy atom. The summed E-state index contributed by atoms with van der Waals surface area (Å²) in [4.78, 5) is 14.2. The first-order valence-electron chi connectivity index (χ1n) is 6.54. The van der Waals surface area contributed by atoms with Crippen LogP contribution in [-0.4, -0.2) is 44.8 Å². The Hall–Kier alpha value is -1.66. The van der Waals surface area contributed by atoms with E-state index >= 15 is 0 Å². The minimum Gasteiger partial charge on any atom is -0.390 e. The second-order valence-electron chi connectivity index (χ2n) is 4.98. The molecule has 2 aliphatic heterocycles. The van der Waals surface area contributed by atoms with E-state index in [2.05, 4.69) is 10.4 Å². The summed E-state index contributed by atoms with van der Waals surface area (Å²) in [6, 6.07) is -0.198. The predicted molar refractivity (Wildman–Crippen MR) is 69.2 cm³/mol. The van der Waals surface area contributed by atoms with E-state index in [1.807, 2.05) is 28.8 Å². The van der Waals surface area contributed by atoms with Gasteiger partial charge in [0.15, 0.2) is 0 Å². The number of amides is 1. The summed E-state index contributed by atoms with van der Waals surface area (Å²) in [6.07, 6.45) is 4.68. The van der Waals surface area contributed by atoms with Gasteiger partial charge in [0, 0.05) is 44.4 Å². The smallest absolute Gasteiger partial charge is 0.244 e. The maximum atomic E-state index is 12.3. The number of aryl methyl sites for hydroxylation is 1. The van der Waals surface area contributed by atoms with Gasteiger partial charge in [0.2, 0.25) is 5.91 Å². The molecule has 1 aromatic heterocycles. The van der Waals surface area contributed by atoms with Crippen LogP contribution in [0.15, 0.2) is 12.2 Å². The van der Waals surface area contributed by atoms with Crippen molar-refractivity contribution >= 4 is 5.91 Å². The number of carbonyl (C=O) groups is 1. The van der Waals surface area contributed by atoms with Crippen molar-refractivity contribution in [1.29, 1.82) is 0 Å². The number of aromatic nitrogens is 2. The van der Waals surface area contributed by atoms with Crippen LogP contribution in [0.2, 0.25) is 0 Å². The molecular weight excluding hydrogens is 244 g/mol. The molecule has 0 saturated carbocycles. The molecular formula is C13H18N4O2.